The van der Waals surface area contributed by atoms with E-state index in [1.165, 1.54) is 0 Å². The summed E-state index contributed by atoms with van der Waals surface area (Å²) >= 11 is 6.05. The Hall–Kier alpha value is -3.11. The number of carbonyl (C=O) groups excluding carboxylic acids is 1. The van der Waals surface area contributed by atoms with Gasteiger partial charge in [-0.3, -0.25) is 9.00 Å². The second-order valence-corrected chi connectivity index (χ2v) is 11.7. The first-order valence-corrected chi connectivity index (χ1v) is 14.4. The van der Waals surface area contributed by atoms with Gasteiger partial charge >= 0.3 is 0 Å². The number of hydrogen-bond donors (Lipinski definition) is 1. The zero-order valence-corrected chi connectivity index (χ0v) is 22.3. The number of carbonyl (C=O) groups is 1. The molecule has 3 aliphatic rings. The van der Waals surface area contributed by atoms with E-state index in [4.69, 9.17) is 21.6 Å². The number of hydrogen-bond acceptors (Lipinski definition) is 7. The number of nitrogens with zero attached hydrogens (tertiary/aromatic N) is 6. The molecule has 0 saturated carbocycles. The highest BCUT2D eigenvalue weighted by atomic mass is 35.5. The summed E-state index contributed by atoms with van der Waals surface area (Å²) in [7, 11) is 0.775. The summed E-state index contributed by atoms with van der Waals surface area (Å²) in [5.74, 6) is 1.96. The number of halogens is 1. The highest BCUT2D eigenvalue weighted by Gasteiger charge is 2.32. The van der Waals surface area contributed by atoms with Gasteiger partial charge in [0.1, 0.15) is 16.4 Å². The molecule has 5 heterocycles. The van der Waals surface area contributed by atoms with E-state index in [9.17, 15) is 9.00 Å². The summed E-state index contributed by atoms with van der Waals surface area (Å²) in [6, 6.07) is 11.7. The van der Waals surface area contributed by atoms with Crippen LogP contribution in [0.2, 0.25) is 5.02 Å². The van der Waals surface area contributed by atoms with Crippen LogP contribution in [0, 0.1) is 0 Å². The van der Waals surface area contributed by atoms with Crippen LogP contribution < -0.4 is 15.1 Å². The minimum Gasteiger partial charge on any atom is -0.368 e. The van der Waals surface area contributed by atoms with Gasteiger partial charge in [0.15, 0.2) is 0 Å². The van der Waals surface area contributed by atoms with Gasteiger partial charge in [0, 0.05) is 81.4 Å². The Kier molecular flexibility index (Phi) is 6.54. The van der Waals surface area contributed by atoms with Crippen LogP contribution in [0.3, 0.4) is 0 Å². The van der Waals surface area contributed by atoms with E-state index >= 15 is 0 Å². The molecule has 0 radical (unpaired) electrons. The van der Waals surface area contributed by atoms with E-state index in [1.54, 1.807) is 0 Å². The van der Waals surface area contributed by atoms with Gasteiger partial charge in [-0.05, 0) is 42.8 Å². The molecule has 1 aromatic carbocycles. The zero-order valence-electron chi connectivity index (χ0n) is 20.8. The summed E-state index contributed by atoms with van der Waals surface area (Å²) < 4.78 is 14.7. The van der Waals surface area contributed by atoms with E-state index in [2.05, 4.69) is 27.2 Å². The topological polar surface area (TPSA) is 86.6 Å². The maximum absolute atomic E-state index is 13.0. The highest BCUT2D eigenvalue weighted by molar-refractivity contribution is 7.85. The van der Waals surface area contributed by atoms with Gasteiger partial charge in [0.05, 0.1) is 16.5 Å². The predicted octanol–water partition coefficient (Wildman–Crippen LogP) is 2.79. The number of nitrogens with one attached hydrogen (secondary N) is 1. The molecule has 3 aliphatic heterocycles. The molecule has 11 heteroatoms. The maximum Gasteiger partial charge on any atom is 0.270 e. The molecular weight excluding hydrogens is 510 g/mol. The van der Waals surface area contributed by atoms with E-state index < -0.39 is 10.8 Å². The van der Waals surface area contributed by atoms with Gasteiger partial charge in [-0.15, -0.1) is 0 Å². The molecule has 1 amide bonds. The lowest BCUT2D eigenvalue weighted by molar-refractivity contribution is 0.0782. The average Bonchev–Trinajstić information content (AvgIpc) is 3.65. The third kappa shape index (κ3) is 4.80. The highest BCUT2D eigenvalue weighted by Crippen LogP contribution is 2.32. The van der Waals surface area contributed by atoms with Gasteiger partial charge in [-0.1, -0.05) is 11.6 Å². The first kappa shape index (κ1) is 24.2. The third-order valence-electron chi connectivity index (χ3n) is 7.41. The van der Waals surface area contributed by atoms with Crippen molar-refractivity contribution in [3.05, 3.63) is 59.0 Å². The molecule has 6 rings (SSSR count). The number of aryl methyl sites for hydroxylation is 2. The molecule has 0 aliphatic carbocycles. The van der Waals surface area contributed by atoms with Gasteiger partial charge in [-0.25, -0.2) is 4.98 Å². The first-order chi connectivity index (χ1) is 18.0. The quantitative estimate of drug-likeness (QED) is 0.533. The molecule has 2 saturated heterocycles. The number of piperazine rings is 1. The van der Waals surface area contributed by atoms with E-state index in [1.807, 2.05) is 47.0 Å². The second kappa shape index (κ2) is 9.98. The number of anilines is 3. The number of fused-ring (bicyclic) bond motifs is 1. The Morgan fingerprint density at radius 1 is 1.05 bits per heavy atom. The SMILES string of the molecule is Cn1cccc1C(=O)N1CC[C@@H](Nc2nc(N3CCN(c4ccc(Cl)cc4)CC3)nc3c2S(=O)CC3)C1. The summed E-state index contributed by atoms with van der Waals surface area (Å²) in [4.78, 5) is 29.8. The largest absolute Gasteiger partial charge is 0.368 e. The number of amides is 1. The molecule has 1 unspecified atom stereocenters. The number of aromatic nitrogens is 3. The molecular formula is C26H30ClN7O2S. The molecule has 2 aromatic heterocycles. The van der Waals surface area contributed by atoms with Crippen molar-refractivity contribution in [2.75, 3.05) is 60.1 Å². The fraction of sp³-hybridized carbons (Fsp3) is 0.423. The van der Waals surface area contributed by atoms with Gasteiger partial charge < -0.3 is 24.6 Å². The normalized spacial score (nSPS) is 21.4. The Morgan fingerprint density at radius 3 is 2.54 bits per heavy atom. The molecule has 0 bridgehead atoms. The van der Waals surface area contributed by atoms with Crippen molar-refractivity contribution >= 4 is 45.8 Å². The van der Waals surface area contributed by atoms with Crippen LogP contribution in [0.4, 0.5) is 17.5 Å². The van der Waals surface area contributed by atoms with Crippen molar-refractivity contribution in [1.29, 1.82) is 0 Å². The van der Waals surface area contributed by atoms with Crippen molar-refractivity contribution in [3.8, 4) is 0 Å². The van der Waals surface area contributed by atoms with E-state index in [-0.39, 0.29) is 11.9 Å². The van der Waals surface area contributed by atoms with Crippen LogP contribution in [0.15, 0.2) is 47.5 Å². The van der Waals surface area contributed by atoms with Crippen LogP contribution in [0.1, 0.15) is 22.6 Å². The Labute approximate surface area is 223 Å². The lowest BCUT2D eigenvalue weighted by Gasteiger charge is -2.36. The van der Waals surface area contributed by atoms with Crippen molar-refractivity contribution < 1.29 is 9.00 Å². The van der Waals surface area contributed by atoms with Crippen LogP contribution in [-0.2, 0) is 24.3 Å². The van der Waals surface area contributed by atoms with Crippen LogP contribution in [0.5, 0.6) is 0 Å². The molecule has 3 aromatic rings. The number of likely N-dealkylation sites (tertiary alicyclic amines) is 1. The zero-order chi connectivity index (χ0) is 25.5. The average molecular weight is 540 g/mol. The molecule has 2 fully saturated rings. The monoisotopic (exact) mass is 539 g/mol. The van der Waals surface area contributed by atoms with Crippen LogP contribution >= 0.6 is 11.6 Å². The van der Waals surface area contributed by atoms with Crippen molar-refractivity contribution in [1.82, 2.24) is 19.4 Å². The smallest absolute Gasteiger partial charge is 0.270 e. The molecule has 37 heavy (non-hydrogen) atoms. The summed E-state index contributed by atoms with van der Waals surface area (Å²) in [5.41, 5.74) is 2.72. The van der Waals surface area contributed by atoms with E-state index in [0.29, 0.717) is 42.7 Å². The Morgan fingerprint density at radius 2 is 1.81 bits per heavy atom. The van der Waals surface area contributed by atoms with Gasteiger partial charge in [-0.2, -0.15) is 4.98 Å². The standard InChI is InChI=1S/C26H30ClN7O2S/c1-31-10-2-3-22(31)25(35)34-11-8-19(17-34)28-24-23-21(9-16-37(23)36)29-26(30-24)33-14-12-32(13-15-33)20-6-4-18(27)5-7-20/h2-7,10,19H,8-9,11-17H2,1H3,(H,28,29,30)/t19-,37?/m1/s1. The lowest BCUT2D eigenvalue weighted by Crippen LogP contribution is -2.47. The first-order valence-electron chi connectivity index (χ1n) is 12.7. The van der Waals surface area contributed by atoms with Gasteiger partial charge in [0.25, 0.3) is 5.91 Å². The molecule has 9 nitrogen and oxygen atoms in total. The van der Waals surface area contributed by atoms with Crippen LogP contribution in [0.25, 0.3) is 0 Å². The molecule has 194 valence electrons. The lowest BCUT2D eigenvalue weighted by atomic mass is 10.2. The van der Waals surface area contributed by atoms with Gasteiger partial charge in [0.2, 0.25) is 5.95 Å². The maximum atomic E-state index is 13.0. The summed E-state index contributed by atoms with van der Waals surface area (Å²) in [6.45, 7) is 4.58. The van der Waals surface area contributed by atoms with E-state index in [0.717, 1.165) is 53.9 Å². The molecule has 1 N–H and O–H groups in total. The van der Waals surface area contributed by atoms with Crippen molar-refractivity contribution in [2.24, 2.45) is 7.05 Å². The third-order valence-corrected chi connectivity index (χ3v) is 9.12. The molecule has 0 spiro atoms. The number of rotatable bonds is 5. The summed E-state index contributed by atoms with van der Waals surface area (Å²) in [6.07, 6.45) is 3.39. The minimum atomic E-state index is -1.11. The fourth-order valence-corrected chi connectivity index (χ4v) is 6.78. The van der Waals surface area contributed by atoms with Crippen LogP contribution in [-0.4, -0.2) is 80.6 Å². The fourth-order valence-electron chi connectivity index (χ4n) is 5.34. The van der Waals surface area contributed by atoms with Crippen molar-refractivity contribution in [2.45, 2.75) is 23.8 Å². The number of benzene rings is 1. The Bertz CT molecular complexity index is 1340. The minimum absolute atomic E-state index is 0.0348. The summed E-state index contributed by atoms with van der Waals surface area (Å²) in [5, 5.41) is 4.28. The second-order valence-electron chi connectivity index (χ2n) is 9.78. The van der Waals surface area contributed by atoms with Crippen molar-refractivity contribution in [3.63, 3.8) is 0 Å². The Balaban J connectivity index is 1.17. The predicted molar refractivity (Wildman–Crippen MR) is 146 cm³/mol. The molecule has 2 atom stereocenters.